The molecular formula is C14H20N2O2S. The normalized spacial score (nSPS) is 10.9. The molecule has 0 fully saturated rings. The maximum absolute atomic E-state index is 11.7. The maximum Gasteiger partial charge on any atom is 0.258 e. The molecule has 0 aromatic heterocycles. The monoisotopic (exact) mass is 280 g/mol. The molecule has 0 saturated carbocycles. The molecule has 0 aliphatic rings. The minimum atomic E-state index is -0.221. The van der Waals surface area contributed by atoms with E-state index in [4.69, 9.17) is 22.7 Å². The molecule has 1 amide bonds. The second kappa shape index (κ2) is 6.52. The van der Waals surface area contributed by atoms with Gasteiger partial charge in [-0.25, -0.2) is 0 Å². The average Bonchev–Trinajstić information content (AvgIpc) is 2.36. The van der Waals surface area contributed by atoms with Crippen molar-refractivity contribution in [2.75, 3.05) is 6.61 Å². The van der Waals surface area contributed by atoms with Gasteiger partial charge in [0.2, 0.25) is 0 Å². The van der Waals surface area contributed by atoms with Crippen LogP contribution >= 0.6 is 12.2 Å². The van der Waals surface area contributed by atoms with Crippen molar-refractivity contribution in [2.24, 2.45) is 5.73 Å². The van der Waals surface area contributed by atoms with Gasteiger partial charge in [0, 0.05) is 11.1 Å². The van der Waals surface area contributed by atoms with E-state index < -0.39 is 0 Å². The molecule has 0 bridgehead atoms. The van der Waals surface area contributed by atoms with Crippen molar-refractivity contribution in [3.63, 3.8) is 0 Å². The first kappa shape index (κ1) is 15.4. The molecule has 3 N–H and O–H groups in total. The smallest absolute Gasteiger partial charge is 0.258 e. The Bertz CT molecular complexity index is 472. The van der Waals surface area contributed by atoms with Crippen molar-refractivity contribution in [3.8, 4) is 5.75 Å². The van der Waals surface area contributed by atoms with Gasteiger partial charge in [-0.15, -0.1) is 0 Å². The Morgan fingerprint density at radius 1 is 1.47 bits per heavy atom. The van der Waals surface area contributed by atoms with Crippen LogP contribution in [0.15, 0.2) is 24.3 Å². The third kappa shape index (κ3) is 5.26. The van der Waals surface area contributed by atoms with Crippen LogP contribution in [0.3, 0.4) is 0 Å². The van der Waals surface area contributed by atoms with Gasteiger partial charge in [0.05, 0.1) is 0 Å². The number of carbonyl (C=O) groups excluding carboxylic acids is 1. The Morgan fingerprint density at radius 3 is 2.74 bits per heavy atom. The Balaban J connectivity index is 2.55. The molecule has 0 spiro atoms. The number of rotatable bonds is 6. The summed E-state index contributed by atoms with van der Waals surface area (Å²) in [6, 6.07) is 7.08. The number of hydrogen-bond donors (Lipinski definition) is 2. The van der Waals surface area contributed by atoms with Crippen molar-refractivity contribution < 1.29 is 9.53 Å². The zero-order valence-corrected chi connectivity index (χ0v) is 12.3. The lowest BCUT2D eigenvalue weighted by atomic mass is 10.0. The fourth-order valence-electron chi connectivity index (χ4n) is 1.39. The summed E-state index contributed by atoms with van der Waals surface area (Å²) in [5.41, 5.74) is 6.04. The van der Waals surface area contributed by atoms with Gasteiger partial charge < -0.3 is 15.8 Å². The zero-order chi connectivity index (χ0) is 14.5. The van der Waals surface area contributed by atoms with Crippen LogP contribution in [-0.2, 0) is 4.79 Å². The SMILES string of the molecule is CCC(C)(C)NC(=O)COc1cccc(C(N)=S)c1. The molecule has 0 unspecified atom stereocenters. The van der Waals surface area contributed by atoms with Crippen molar-refractivity contribution in [3.05, 3.63) is 29.8 Å². The lowest BCUT2D eigenvalue weighted by Crippen LogP contribution is -2.44. The maximum atomic E-state index is 11.7. The van der Waals surface area contributed by atoms with Crippen LogP contribution in [0.1, 0.15) is 32.8 Å². The van der Waals surface area contributed by atoms with Gasteiger partial charge in [0.15, 0.2) is 6.61 Å². The second-order valence-corrected chi connectivity index (χ2v) is 5.41. The summed E-state index contributed by atoms with van der Waals surface area (Å²) < 4.78 is 5.42. The summed E-state index contributed by atoms with van der Waals surface area (Å²) in [7, 11) is 0. The number of nitrogens with one attached hydrogen (secondary N) is 1. The minimum Gasteiger partial charge on any atom is -0.484 e. The largest absolute Gasteiger partial charge is 0.484 e. The van der Waals surface area contributed by atoms with Gasteiger partial charge in [-0.05, 0) is 32.4 Å². The molecule has 4 nitrogen and oxygen atoms in total. The summed E-state index contributed by atoms with van der Waals surface area (Å²) in [5, 5.41) is 2.90. The predicted molar refractivity (Wildman–Crippen MR) is 80.3 cm³/mol. The number of amides is 1. The molecule has 0 radical (unpaired) electrons. The Kier molecular flexibility index (Phi) is 5.30. The number of benzene rings is 1. The topological polar surface area (TPSA) is 64.3 Å². The molecule has 0 atom stereocenters. The van der Waals surface area contributed by atoms with E-state index in [1.165, 1.54) is 0 Å². The minimum absolute atomic E-state index is 0.0236. The number of nitrogens with two attached hydrogens (primary N) is 1. The number of carbonyl (C=O) groups is 1. The molecule has 1 aromatic carbocycles. The molecule has 0 aliphatic carbocycles. The van der Waals surface area contributed by atoms with E-state index in [0.29, 0.717) is 10.7 Å². The van der Waals surface area contributed by atoms with E-state index in [1.54, 1.807) is 24.3 Å². The van der Waals surface area contributed by atoms with Crippen molar-refractivity contribution in [1.29, 1.82) is 0 Å². The fraction of sp³-hybridized carbons (Fsp3) is 0.429. The van der Waals surface area contributed by atoms with Crippen molar-refractivity contribution >= 4 is 23.1 Å². The van der Waals surface area contributed by atoms with Crippen LogP contribution in [0.25, 0.3) is 0 Å². The molecule has 5 heteroatoms. The highest BCUT2D eigenvalue weighted by Crippen LogP contribution is 2.13. The Hall–Kier alpha value is -1.62. The van der Waals surface area contributed by atoms with Gasteiger partial charge in [0.25, 0.3) is 5.91 Å². The highest BCUT2D eigenvalue weighted by atomic mass is 32.1. The summed E-state index contributed by atoms with van der Waals surface area (Å²) in [6.07, 6.45) is 0.857. The number of hydrogen-bond acceptors (Lipinski definition) is 3. The van der Waals surface area contributed by atoms with Crippen LogP contribution < -0.4 is 15.8 Å². The third-order valence-corrected chi connectivity index (χ3v) is 3.09. The van der Waals surface area contributed by atoms with Gasteiger partial charge in [-0.3, -0.25) is 4.79 Å². The van der Waals surface area contributed by atoms with Gasteiger partial charge >= 0.3 is 0 Å². The molecule has 0 saturated heterocycles. The summed E-state index contributed by atoms with van der Waals surface area (Å²) in [5.74, 6) is 0.433. The molecule has 1 aromatic rings. The van der Waals surface area contributed by atoms with Crippen LogP contribution in [0.5, 0.6) is 5.75 Å². The highest BCUT2D eigenvalue weighted by molar-refractivity contribution is 7.80. The van der Waals surface area contributed by atoms with E-state index in [2.05, 4.69) is 5.32 Å². The first-order valence-electron chi connectivity index (χ1n) is 6.18. The summed E-state index contributed by atoms with van der Waals surface area (Å²) in [6.45, 7) is 5.94. The Morgan fingerprint density at radius 2 is 2.16 bits per heavy atom. The van der Waals surface area contributed by atoms with E-state index in [1.807, 2.05) is 20.8 Å². The van der Waals surface area contributed by atoms with Crippen molar-refractivity contribution in [1.82, 2.24) is 5.32 Å². The number of thiocarbonyl (C=S) groups is 1. The molecule has 104 valence electrons. The summed E-state index contributed by atoms with van der Waals surface area (Å²) >= 11 is 4.89. The lowest BCUT2D eigenvalue weighted by molar-refractivity contribution is -0.124. The van der Waals surface area contributed by atoms with E-state index >= 15 is 0 Å². The molecule has 1 rings (SSSR count). The van der Waals surface area contributed by atoms with E-state index in [0.717, 1.165) is 12.0 Å². The van der Waals surface area contributed by atoms with Crippen LogP contribution in [0, 0.1) is 0 Å². The second-order valence-electron chi connectivity index (χ2n) is 4.97. The zero-order valence-electron chi connectivity index (χ0n) is 11.5. The Labute approximate surface area is 119 Å². The molecule has 0 aliphatic heterocycles. The predicted octanol–water partition coefficient (Wildman–Crippen LogP) is 2.00. The molecule has 0 heterocycles. The first-order chi connectivity index (χ1) is 8.84. The van der Waals surface area contributed by atoms with Gasteiger partial charge in [-0.1, -0.05) is 31.3 Å². The van der Waals surface area contributed by atoms with Crippen molar-refractivity contribution in [2.45, 2.75) is 32.7 Å². The van der Waals surface area contributed by atoms with Crippen LogP contribution in [0.2, 0.25) is 0 Å². The quantitative estimate of drug-likeness (QED) is 0.782. The summed E-state index contributed by atoms with van der Waals surface area (Å²) in [4.78, 5) is 12.0. The molecular weight excluding hydrogens is 260 g/mol. The standard InChI is InChI=1S/C14H20N2O2S/c1-4-14(2,3)16-12(17)9-18-11-7-5-6-10(8-11)13(15)19/h5-8H,4,9H2,1-3H3,(H2,15,19)(H,16,17). The third-order valence-electron chi connectivity index (χ3n) is 2.85. The highest BCUT2D eigenvalue weighted by Gasteiger charge is 2.17. The van der Waals surface area contributed by atoms with Crippen LogP contribution in [-0.4, -0.2) is 23.0 Å². The first-order valence-corrected chi connectivity index (χ1v) is 6.58. The number of ether oxygens (including phenoxy) is 1. The van der Waals surface area contributed by atoms with Gasteiger partial charge in [0.1, 0.15) is 10.7 Å². The van der Waals surface area contributed by atoms with E-state index in [9.17, 15) is 4.79 Å². The average molecular weight is 280 g/mol. The molecule has 19 heavy (non-hydrogen) atoms. The lowest BCUT2D eigenvalue weighted by Gasteiger charge is -2.24. The fourth-order valence-corrected chi connectivity index (χ4v) is 1.52. The van der Waals surface area contributed by atoms with Gasteiger partial charge in [-0.2, -0.15) is 0 Å². The van der Waals surface area contributed by atoms with E-state index in [-0.39, 0.29) is 18.1 Å². The van der Waals surface area contributed by atoms with Crippen LogP contribution in [0.4, 0.5) is 0 Å².